The second-order valence-electron chi connectivity index (χ2n) is 5.97. The van der Waals surface area contributed by atoms with Crippen LogP contribution in [0.5, 0.6) is 0 Å². The van der Waals surface area contributed by atoms with E-state index in [2.05, 4.69) is 5.32 Å². The van der Waals surface area contributed by atoms with Gasteiger partial charge in [0.25, 0.3) is 0 Å². The van der Waals surface area contributed by atoms with Gasteiger partial charge in [-0.1, -0.05) is 32.6 Å². The van der Waals surface area contributed by atoms with E-state index in [0.29, 0.717) is 6.42 Å². The Hall–Kier alpha value is -1.06. The first kappa shape index (κ1) is 14.4. The summed E-state index contributed by atoms with van der Waals surface area (Å²) in [5.74, 6) is 0.944. The number of hydrogen-bond acceptors (Lipinski definition) is 2. The second kappa shape index (κ2) is 6.40. The lowest BCUT2D eigenvalue weighted by molar-refractivity contribution is -0.148. The highest BCUT2D eigenvalue weighted by Gasteiger charge is 2.36. The van der Waals surface area contributed by atoms with Gasteiger partial charge in [-0.3, -0.25) is 9.59 Å². The third-order valence-electron chi connectivity index (χ3n) is 4.64. The predicted molar refractivity (Wildman–Crippen MR) is 74.6 cm³/mol. The highest BCUT2D eigenvalue weighted by atomic mass is 16.2. The van der Waals surface area contributed by atoms with Gasteiger partial charge in [0.15, 0.2) is 0 Å². The summed E-state index contributed by atoms with van der Waals surface area (Å²) in [5, 5.41) is 2.80. The van der Waals surface area contributed by atoms with Crippen LogP contribution in [0.2, 0.25) is 0 Å². The monoisotopic (exact) mass is 266 g/mol. The molecule has 1 aliphatic heterocycles. The van der Waals surface area contributed by atoms with E-state index in [9.17, 15) is 9.59 Å². The zero-order valence-electron chi connectivity index (χ0n) is 12.2. The number of hydrogen-bond donors (Lipinski definition) is 1. The van der Waals surface area contributed by atoms with E-state index >= 15 is 0 Å². The Kier molecular flexibility index (Phi) is 4.83. The molecule has 108 valence electrons. The molecule has 2 atom stereocenters. The molecule has 1 aliphatic carbocycles. The molecule has 0 radical (unpaired) electrons. The molecule has 1 heterocycles. The van der Waals surface area contributed by atoms with Crippen molar-refractivity contribution in [3.63, 3.8) is 0 Å². The minimum atomic E-state index is -0.310. The summed E-state index contributed by atoms with van der Waals surface area (Å²) >= 11 is 0. The Morgan fingerprint density at radius 3 is 2.58 bits per heavy atom. The molecule has 2 aliphatic rings. The maximum absolute atomic E-state index is 12.3. The van der Waals surface area contributed by atoms with Gasteiger partial charge in [0.05, 0.1) is 0 Å². The van der Waals surface area contributed by atoms with E-state index in [4.69, 9.17) is 0 Å². The second-order valence-corrected chi connectivity index (χ2v) is 5.97. The largest absolute Gasteiger partial charge is 0.343 e. The summed E-state index contributed by atoms with van der Waals surface area (Å²) in [5.41, 5.74) is 0. The minimum Gasteiger partial charge on any atom is -0.343 e. The Morgan fingerprint density at radius 1 is 1.26 bits per heavy atom. The predicted octanol–water partition coefficient (Wildman–Crippen LogP) is 2.08. The first-order valence-electron chi connectivity index (χ1n) is 7.74. The van der Waals surface area contributed by atoms with Crippen molar-refractivity contribution in [3.05, 3.63) is 0 Å². The minimum absolute atomic E-state index is 0.00711. The molecule has 2 fully saturated rings. The lowest BCUT2D eigenvalue weighted by Crippen LogP contribution is -2.62. The van der Waals surface area contributed by atoms with Gasteiger partial charge < -0.3 is 10.2 Å². The number of nitrogens with one attached hydrogen (secondary N) is 1. The zero-order chi connectivity index (χ0) is 13.8. The smallest absolute Gasteiger partial charge is 0.245 e. The molecule has 4 nitrogen and oxygen atoms in total. The van der Waals surface area contributed by atoms with Crippen LogP contribution in [-0.4, -0.2) is 35.3 Å². The Bertz CT molecular complexity index is 337. The average molecular weight is 266 g/mol. The summed E-state index contributed by atoms with van der Waals surface area (Å²) in [7, 11) is 0. The van der Waals surface area contributed by atoms with Crippen molar-refractivity contribution in [3.8, 4) is 0 Å². The van der Waals surface area contributed by atoms with Gasteiger partial charge in [0.1, 0.15) is 12.1 Å². The van der Waals surface area contributed by atoms with Crippen molar-refractivity contribution in [2.75, 3.05) is 6.54 Å². The number of rotatable bonds is 5. The molecular weight excluding hydrogens is 240 g/mol. The number of carbonyl (C=O) groups excluding carboxylic acids is 2. The van der Waals surface area contributed by atoms with E-state index < -0.39 is 0 Å². The molecule has 0 aromatic rings. The summed E-state index contributed by atoms with van der Waals surface area (Å²) < 4.78 is 0. The van der Waals surface area contributed by atoms with Crippen molar-refractivity contribution in [2.24, 2.45) is 5.92 Å². The van der Waals surface area contributed by atoms with Crippen molar-refractivity contribution < 1.29 is 9.59 Å². The molecule has 1 N–H and O–H groups in total. The number of amides is 2. The Morgan fingerprint density at radius 2 is 1.95 bits per heavy atom. The summed E-state index contributed by atoms with van der Waals surface area (Å²) in [6.45, 7) is 4.50. The first-order chi connectivity index (χ1) is 9.13. The first-order valence-corrected chi connectivity index (χ1v) is 7.74. The highest BCUT2D eigenvalue weighted by molar-refractivity contribution is 5.96. The van der Waals surface area contributed by atoms with Gasteiger partial charge in [0, 0.05) is 6.54 Å². The third-order valence-corrected chi connectivity index (χ3v) is 4.64. The SMILES string of the molecule is CCC1NC(=O)C(C)N(CCCC2CCCC2)C1=O. The molecular formula is C15H26N2O2. The molecule has 0 aromatic carbocycles. The normalized spacial score (nSPS) is 28.8. The highest BCUT2D eigenvalue weighted by Crippen LogP contribution is 2.28. The number of piperazine rings is 1. The Balaban J connectivity index is 1.85. The van der Waals surface area contributed by atoms with Crippen LogP contribution < -0.4 is 5.32 Å². The van der Waals surface area contributed by atoms with E-state index in [-0.39, 0.29) is 23.9 Å². The summed E-state index contributed by atoms with van der Waals surface area (Å²) in [4.78, 5) is 25.9. The van der Waals surface area contributed by atoms with Crippen molar-refractivity contribution in [1.29, 1.82) is 0 Å². The summed E-state index contributed by atoms with van der Waals surface area (Å²) in [6.07, 6.45) is 8.34. The topological polar surface area (TPSA) is 49.4 Å². The van der Waals surface area contributed by atoms with Crippen LogP contribution in [0.4, 0.5) is 0 Å². The van der Waals surface area contributed by atoms with Crippen molar-refractivity contribution >= 4 is 11.8 Å². The van der Waals surface area contributed by atoms with Crippen LogP contribution in [0.3, 0.4) is 0 Å². The van der Waals surface area contributed by atoms with Crippen molar-refractivity contribution in [2.45, 2.75) is 70.9 Å². The summed E-state index contributed by atoms with van der Waals surface area (Å²) in [6, 6.07) is -0.617. The molecule has 0 bridgehead atoms. The van der Waals surface area contributed by atoms with Crippen molar-refractivity contribution in [1.82, 2.24) is 10.2 Å². The van der Waals surface area contributed by atoms with Crippen LogP contribution in [0.25, 0.3) is 0 Å². The maximum atomic E-state index is 12.3. The fraction of sp³-hybridized carbons (Fsp3) is 0.867. The molecule has 0 spiro atoms. The lowest BCUT2D eigenvalue weighted by Gasteiger charge is -2.37. The quantitative estimate of drug-likeness (QED) is 0.828. The fourth-order valence-corrected chi connectivity index (χ4v) is 3.32. The molecule has 2 amide bonds. The van der Waals surface area contributed by atoms with Gasteiger partial charge in [-0.05, 0) is 32.1 Å². The van der Waals surface area contributed by atoms with Crippen LogP contribution in [0.1, 0.15) is 58.8 Å². The fourth-order valence-electron chi connectivity index (χ4n) is 3.32. The number of nitrogens with zero attached hydrogens (tertiary/aromatic N) is 1. The van der Waals surface area contributed by atoms with Gasteiger partial charge in [-0.2, -0.15) is 0 Å². The standard InChI is InChI=1S/C15H26N2O2/c1-3-13-15(19)17(11(2)14(18)16-13)10-6-9-12-7-4-5-8-12/h11-13H,3-10H2,1-2H3,(H,16,18). The number of carbonyl (C=O) groups is 2. The van der Waals surface area contributed by atoms with Gasteiger partial charge in [-0.15, -0.1) is 0 Å². The molecule has 2 rings (SSSR count). The maximum Gasteiger partial charge on any atom is 0.245 e. The lowest BCUT2D eigenvalue weighted by atomic mass is 10.0. The zero-order valence-corrected chi connectivity index (χ0v) is 12.2. The third kappa shape index (κ3) is 3.28. The Labute approximate surface area is 115 Å². The molecule has 0 aromatic heterocycles. The molecule has 1 saturated carbocycles. The van der Waals surface area contributed by atoms with Gasteiger partial charge in [0.2, 0.25) is 11.8 Å². The van der Waals surface area contributed by atoms with Crippen LogP contribution >= 0.6 is 0 Å². The van der Waals surface area contributed by atoms with Gasteiger partial charge >= 0.3 is 0 Å². The van der Waals surface area contributed by atoms with Crippen LogP contribution in [-0.2, 0) is 9.59 Å². The van der Waals surface area contributed by atoms with E-state index in [1.165, 1.54) is 32.1 Å². The average Bonchev–Trinajstić information content (AvgIpc) is 2.91. The van der Waals surface area contributed by atoms with E-state index in [1.54, 1.807) is 4.90 Å². The molecule has 2 unspecified atom stereocenters. The van der Waals surface area contributed by atoms with Gasteiger partial charge in [-0.25, -0.2) is 0 Å². The van der Waals surface area contributed by atoms with E-state index in [1.807, 2.05) is 13.8 Å². The van der Waals surface area contributed by atoms with E-state index in [0.717, 1.165) is 18.9 Å². The molecule has 19 heavy (non-hydrogen) atoms. The molecule has 4 heteroatoms. The molecule has 1 saturated heterocycles. The van der Waals surface area contributed by atoms with Crippen LogP contribution in [0, 0.1) is 5.92 Å². The van der Waals surface area contributed by atoms with Crippen LogP contribution in [0.15, 0.2) is 0 Å².